The van der Waals surface area contributed by atoms with Crippen LogP contribution in [0.4, 0.5) is 0 Å². The van der Waals surface area contributed by atoms with E-state index in [1.54, 1.807) is 6.20 Å². The van der Waals surface area contributed by atoms with Crippen LogP contribution in [0.3, 0.4) is 0 Å². The van der Waals surface area contributed by atoms with Gasteiger partial charge < -0.3 is 4.57 Å². The van der Waals surface area contributed by atoms with E-state index in [9.17, 15) is 0 Å². The van der Waals surface area contributed by atoms with Gasteiger partial charge in [-0.05, 0) is 50.2 Å². The van der Waals surface area contributed by atoms with Crippen LogP contribution < -0.4 is 0 Å². The Hall–Kier alpha value is -2.42. The molecule has 3 aromatic heterocycles. The standard InChI is InChI=1S/C16H15N3/c1-12-6-7-13(2)19(12)14-8-9-16(18-11-14)15-5-3-4-10-17-15/h3-11H,1-2H3. The lowest BCUT2D eigenvalue weighted by Crippen LogP contribution is -1.99. The van der Waals surface area contributed by atoms with Crippen molar-refractivity contribution >= 4 is 0 Å². The number of hydrogen-bond acceptors (Lipinski definition) is 2. The first kappa shape index (κ1) is 11.7. The first-order valence-corrected chi connectivity index (χ1v) is 6.28. The maximum absolute atomic E-state index is 4.50. The molecule has 0 unspecified atom stereocenters. The van der Waals surface area contributed by atoms with Crippen molar-refractivity contribution in [2.45, 2.75) is 13.8 Å². The van der Waals surface area contributed by atoms with Crippen LogP contribution in [-0.2, 0) is 0 Å². The molecule has 19 heavy (non-hydrogen) atoms. The van der Waals surface area contributed by atoms with Gasteiger partial charge in [-0.3, -0.25) is 9.97 Å². The van der Waals surface area contributed by atoms with Crippen LogP contribution >= 0.6 is 0 Å². The zero-order chi connectivity index (χ0) is 13.2. The maximum Gasteiger partial charge on any atom is 0.0887 e. The fourth-order valence-corrected chi connectivity index (χ4v) is 2.26. The summed E-state index contributed by atoms with van der Waals surface area (Å²) in [6, 6.07) is 14.2. The minimum atomic E-state index is 0.895. The molecule has 3 heteroatoms. The molecule has 0 bridgehead atoms. The van der Waals surface area contributed by atoms with Gasteiger partial charge in [0.1, 0.15) is 0 Å². The minimum absolute atomic E-state index is 0.895. The van der Waals surface area contributed by atoms with Gasteiger partial charge in [0.05, 0.1) is 23.3 Å². The predicted molar refractivity (Wildman–Crippen MR) is 76.3 cm³/mol. The van der Waals surface area contributed by atoms with Gasteiger partial charge in [0, 0.05) is 17.6 Å². The van der Waals surface area contributed by atoms with Crippen molar-refractivity contribution in [2.75, 3.05) is 0 Å². The van der Waals surface area contributed by atoms with Gasteiger partial charge in [0.15, 0.2) is 0 Å². The van der Waals surface area contributed by atoms with Crippen LogP contribution in [0.1, 0.15) is 11.4 Å². The molecule has 0 saturated heterocycles. The zero-order valence-corrected chi connectivity index (χ0v) is 11.0. The lowest BCUT2D eigenvalue weighted by Gasteiger charge is -2.09. The molecule has 0 aromatic carbocycles. The second-order valence-electron chi connectivity index (χ2n) is 4.57. The van der Waals surface area contributed by atoms with Gasteiger partial charge in [-0.15, -0.1) is 0 Å². The third-order valence-corrected chi connectivity index (χ3v) is 3.20. The van der Waals surface area contributed by atoms with Crippen molar-refractivity contribution in [1.82, 2.24) is 14.5 Å². The summed E-state index contributed by atoms with van der Waals surface area (Å²) in [5.41, 5.74) is 5.30. The monoisotopic (exact) mass is 249 g/mol. The maximum atomic E-state index is 4.50. The average molecular weight is 249 g/mol. The number of rotatable bonds is 2. The highest BCUT2D eigenvalue weighted by molar-refractivity contribution is 5.55. The van der Waals surface area contributed by atoms with E-state index < -0.39 is 0 Å². The van der Waals surface area contributed by atoms with E-state index in [0.717, 1.165) is 17.1 Å². The quantitative estimate of drug-likeness (QED) is 0.695. The van der Waals surface area contributed by atoms with Crippen molar-refractivity contribution in [1.29, 1.82) is 0 Å². The van der Waals surface area contributed by atoms with Gasteiger partial charge in [0.2, 0.25) is 0 Å². The summed E-state index contributed by atoms with van der Waals surface area (Å²) in [4.78, 5) is 8.81. The molecule has 0 aliphatic carbocycles. The van der Waals surface area contributed by atoms with Gasteiger partial charge in [0.25, 0.3) is 0 Å². The van der Waals surface area contributed by atoms with E-state index in [2.05, 4.69) is 46.6 Å². The summed E-state index contributed by atoms with van der Waals surface area (Å²) in [7, 11) is 0. The molecule has 0 N–H and O–H groups in total. The normalized spacial score (nSPS) is 10.6. The number of nitrogens with zero attached hydrogens (tertiary/aromatic N) is 3. The summed E-state index contributed by atoms with van der Waals surface area (Å²) in [5.74, 6) is 0. The molecule has 0 aliphatic rings. The van der Waals surface area contributed by atoms with E-state index in [0.29, 0.717) is 0 Å². The molecule has 0 fully saturated rings. The molecule has 94 valence electrons. The zero-order valence-electron chi connectivity index (χ0n) is 11.0. The Morgan fingerprint density at radius 2 is 1.53 bits per heavy atom. The Balaban J connectivity index is 2.00. The predicted octanol–water partition coefficient (Wildman–Crippen LogP) is 3.55. The number of hydrogen-bond donors (Lipinski definition) is 0. The van der Waals surface area contributed by atoms with E-state index in [-0.39, 0.29) is 0 Å². The summed E-state index contributed by atoms with van der Waals surface area (Å²) in [6.45, 7) is 4.19. The Morgan fingerprint density at radius 1 is 0.789 bits per heavy atom. The highest BCUT2D eigenvalue weighted by Gasteiger charge is 2.05. The first-order valence-electron chi connectivity index (χ1n) is 6.28. The molecular weight excluding hydrogens is 234 g/mol. The summed E-state index contributed by atoms with van der Waals surface area (Å²) >= 11 is 0. The Labute approximate surface area is 112 Å². The molecule has 3 nitrogen and oxygen atoms in total. The summed E-state index contributed by atoms with van der Waals surface area (Å²) < 4.78 is 2.19. The van der Waals surface area contributed by atoms with E-state index in [1.165, 1.54) is 11.4 Å². The molecule has 0 radical (unpaired) electrons. The molecule has 0 atom stereocenters. The second kappa shape index (κ2) is 4.69. The second-order valence-corrected chi connectivity index (χ2v) is 4.57. The van der Waals surface area contributed by atoms with Crippen LogP contribution in [-0.4, -0.2) is 14.5 Å². The molecule has 3 aromatic rings. The fraction of sp³-hybridized carbons (Fsp3) is 0.125. The van der Waals surface area contributed by atoms with Crippen molar-refractivity contribution < 1.29 is 0 Å². The van der Waals surface area contributed by atoms with Gasteiger partial charge in [-0.2, -0.15) is 0 Å². The third-order valence-electron chi connectivity index (χ3n) is 3.20. The summed E-state index contributed by atoms with van der Waals surface area (Å²) in [5, 5.41) is 0. The molecule has 0 amide bonds. The number of pyridine rings is 2. The molecular formula is C16H15N3. The van der Waals surface area contributed by atoms with Crippen molar-refractivity contribution in [3.63, 3.8) is 0 Å². The Kier molecular flexibility index (Phi) is 2.88. The highest BCUT2D eigenvalue weighted by atomic mass is 15.0. The van der Waals surface area contributed by atoms with E-state index in [1.807, 2.05) is 30.5 Å². The van der Waals surface area contributed by atoms with Crippen molar-refractivity contribution in [2.24, 2.45) is 0 Å². The van der Waals surface area contributed by atoms with E-state index in [4.69, 9.17) is 0 Å². The fourth-order valence-electron chi connectivity index (χ4n) is 2.26. The van der Waals surface area contributed by atoms with E-state index >= 15 is 0 Å². The Bertz CT molecular complexity index is 662. The van der Waals surface area contributed by atoms with Gasteiger partial charge >= 0.3 is 0 Å². The lowest BCUT2D eigenvalue weighted by molar-refractivity contribution is 0.956. The third kappa shape index (κ3) is 2.15. The van der Waals surface area contributed by atoms with Gasteiger partial charge in [-0.1, -0.05) is 6.07 Å². The van der Waals surface area contributed by atoms with Crippen LogP contribution in [0.2, 0.25) is 0 Å². The van der Waals surface area contributed by atoms with Gasteiger partial charge in [-0.25, -0.2) is 0 Å². The van der Waals surface area contributed by atoms with Crippen molar-refractivity contribution in [3.05, 3.63) is 66.2 Å². The number of aryl methyl sites for hydroxylation is 2. The number of aromatic nitrogens is 3. The minimum Gasteiger partial charge on any atom is -0.317 e. The average Bonchev–Trinajstić information content (AvgIpc) is 2.79. The molecule has 3 rings (SSSR count). The topological polar surface area (TPSA) is 30.7 Å². The van der Waals surface area contributed by atoms with Crippen LogP contribution in [0.5, 0.6) is 0 Å². The highest BCUT2D eigenvalue weighted by Crippen LogP contribution is 2.18. The molecule has 0 aliphatic heterocycles. The smallest absolute Gasteiger partial charge is 0.0887 e. The molecule has 0 spiro atoms. The summed E-state index contributed by atoms with van der Waals surface area (Å²) in [6.07, 6.45) is 3.68. The molecule has 0 saturated carbocycles. The SMILES string of the molecule is Cc1ccc(C)n1-c1ccc(-c2ccccn2)nc1. The van der Waals surface area contributed by atoms with Crippen molar-refractivity contribution in [3.8, 4) is 17.1 Å². The molecule has 3 heterocycles. The lowest BCUT2D eigenvalue weighted by atomic mass is 10.2. The van der Waals surface area contributed by atoms with Crippen LogP contribution in [0.15, 0.2) is 54.9 Å². The largest absolute Gasteiger partial charge is 0.317 e. The van der Waals surface area contributed by atoms with Crippen LogP contribution in [0, 0.1) is 13.8 Å². The first-order chi connectivity index (χ1) is 9.25. The van der Waals surface area contributed by atoms with Crippen LogP contribution in [0.25, 0.3) is 17.1 Å². The Morgan fingerprint density at radius 3 is 2.11 bits per heavy atom.